The van der Waals surface area contributed by atoms with Crippen molar-refractivity contribution in [3.05, 3.63) is 59.7 Å². The molecule has 2 aromatic rings. The van der Waals surface area contributed by atoms with E-state index in [1.54, 1.807) is 0 Å². The van der Waals surface area contributed by atoms with E-state index >= 15 is 0 Å². The van der Waals surface area contributed by atoms with Gasteiger partial charge in [-0.15, -0.1) is 0 Å². The summed E-state index contributed by atoms with van der Waals surface area (Å²) in [5.74, 6) is -1.72. The largest absolute Gasteiger partial charge is 0.479 e. The summed E-state index contributed by atoms with van der Waals surface area (Å²) in [7, 11) is 0. The maximum atomic E-state index is 12.7. The summed E-state index contributed by atoms with van der Waals surface area (Å²) in [6.07, 6.45) is -1.42. The smallest absolute Gasteiger partial charge is 0.408 e. The number of carboxylic acids is 1. The number of hydrogen-bond acceptors (Lipinski definition) is 5. The summed E-state index contributed by atoms with van der Waals surface area (Å²) in [6.45, 7) is 3.46. The zero-order valence-corrected chi connectivity index (χ0v) is 18.0. The second-order valence-corrected chi connectivity index (χ2v) is 8.57. The van der Waals surface area contributed by atoms with Crippen LogP contribution in [0.3, 0.4) is 0 Å². The molecule has 1 saturated heterocycles. The molecule has 3 N–H and O–H groups in total. The lowest BCUT2D eigenvalue weighted by Crippen LogP contribution is -2.58. The van der Waals surface area contributed by atoms with Crippen molar-refractivity contribution in [2.75, 3.05) is 13.2 Å². The Balaban J connectivity index is 1.37. The van der Waals surface area contributed by atoms with E-state index in [2.05, 4.69) is 22.8 Å². The quantitative estimate of drug-likeness (QED) is 0.639. The van der Waals surface area contributed by atoms with E-state index in [0.717, 1.165) is 22.3 Å². The molecule has 0 aromatic heterocycles. The number of alkyl carbamates (subject to hydrolysis) is 1. The molecule has 2 aliphatic rings. The number of nitrogens with one attached hydrogen (secondary N) is 2. The third kappa shape index (κ3) is 4.18. The first-order valence-corrected chi connectivity index (χ1v) is 10.6. The Morgan fingerprint density at radius 2 is 1.66 bits per heavy atom. The topological polar surface area (TPSA) is 114 Å². The molecule has 0 bridgehead atoms. The lowest BCUT2D eigenvalue weighted by molar-refractivity contribution is -0.148. The van der Waals surface area contributed by atoms with Crippen molar-refractivity contribution >= 4 is 18.0 Å². The predicted octanol–water partition coefficient (Wildman–Crippen LogP) is 2.66. The molecule has 8 nitrogen and oxygen atoms in total. The molecule has 2 atom stereocenters. The van der Waals surface area contributed by atoms with Crippen molar-refractivity contribution in [1.29, 1.82) is 0 Å². The summed E-state index contributed by atoms with van der Waals surface area (Å²) in [5.41, 5.74) is 3.15. The average molecular weight is 438 g/mol. The first-order valence-electron chi connectivity index (χ1n) is 10.6. The van der Waals surface area contributed by atoms with Crippen LogP contribution in [-0.4, -0.2) is 54.0 Å². The van der Waals surface area contributed by atoms with Crippen molar-refractivity contribution in [2.45, 2.75) is 43.9 Å². The van der Waals surface area contributed by atoms with E-state index in [0.29, 0.717) is 6.42 Å². The maximum Gasteiger partial charge on any atom is 0.408 e. The molecule has 32 heavy (non-hydrogen) atoms. The number of benzene rings is 2. The number of rotatable bonds is 6. The third-order valence-corrected chi connectivity index (χ3v) is 5.98. The molecule has 168 valence electrons. The minimum Gasteiger partial charge on any atom is -0.479 e. The lowest BCUT2D eigenvalue weighted by Gasteiger charge is -2.27. The van der Waals surface area contributed by atoms with E-state index in [9.17, 15) is 19.5 Å². The highest BCUT2D eigenvalue weighted by atomic mass is 16.5. The van der Waals surface area contributed by atoms with Gasteiger partial charge in [0.1, 0.15) is 12.1 Å². The van der Waals surface area contributed by atoms with E-state index in [1.807, 2.05) is 36.4 Å². The molecule has 2 amide bonds. The average Bonchev–Trinajstić information content (AvgIpc) is 3.34. The number of carboxylic acid groups (broad SMARTS) is 1. The molecule has 2 aromatic carbocycles. The standard InChI is InChI=1S/C24H26N2O6/c1-24(2,22(29)25-19-11-12-31-20(19)21(27)28)26-23(30)32-13-18-16-9-5-3-7-14(16)15-8-4-6-10-17(15)18/h3-10,18-20H,11-13H2,1-2H3,(H,25,29)(H,26,30)(H,27,28). The Bertz CT molecular complexity index is 1000. The summed E-state index contributed by atoms with van der Waals surface area (Å²) in [4.78, 5) is 36.4. The van der Waals surface area contributed by atoms with E-state index in [-0.39, 0.29) is 19.1 Å². The van der Waals surface area contributed by atoms with Gasteiger partial charge in [-0.2, -0.15) is 0 Å². The van der Waals surface area contributed by atoms with Gasteiger partial charge in [-0.25, -0.2) is 9.59 Å². The zero-order valence-electron chi connectivity index (χ0n) is 18.0. The van der Waals surface area contributed by atoms with Gasteiger partial charge in [0.25, 0.3) is 0 Å². The highest BCUT2D eigenvalue weighted by Crippen LogP contribution is 2.44. The summed E-state index contributed by atoms with van der Waals surface area (Å²) >= 11 is 0. The minimum atomic E-state index is -1.30. The minimum absolute atomic E-state index is 0.0861. The number of fused-ring (bicyclic) bond motifs is 3. The number of carbonyl (C=O) groups excluding carboxylic acids is 2. The van der Waals surface area contributed by atoms with Crippen molar-refractivity contribution in [3.63, 3.8) is 0 Å². The fraction of sp³-hybridized carbons (Fsp3) is 0.375. The SMILES string of the molecule is CC(C)(NC(=O)OCC1c2ccccc2-c2ccccc21)C(=O)NC1CCOC1C(=O)O. The van der Waals surface area contributed by atoms with Crippen LogP contribution >= 0.6 is 0 Å². The number of carbonyl (C=O) groups is 3. The molecule has 4 rings (SSSR count). The van der Waals surface area contributed by atoms with Crippen molar-refractivity contribution in [3.8, 4) is 11.1 Å². The van der Waals surface area contributed by atoms with Gasteiger partial charge in [0, 0.05) is 12.5 Å². The van der Waals surface area contributed by atoms with Crippen LogP contribution in [0, 0.1) is 0 Å². The Morgan fingerprint density at radius 1 is 1.06 bits per heavy atom. The molecular weight excluding hydrogens is 412 g/mol. The third-order valence-electron chi connectivity index (χ3n) is 5.98. The normalized spacial score (nSPS) is 19.7. The number of hydrogen-bond donors (Lipinski definition) is 3. The molecule has 0 spiro atoms. The van der Waals surface area contributed by atoms with E-state index in [4.69, 9.17) is 9.47 Å². The second-order valence-electron chi connectivity index (χ2n) is 8.57. The molecule has 1 aliphatic carbocycles. The van der Waals surface area contributed by atoms with Gasteiger partial charge in [0.05, 0.1) is 6.04 Å². The summed E-state index contributed by atoms with van der Waals surface area (Å²) in [6, 6.07) is 15.4. The van der Waals surface area contributed by atoms with Gasteiger partial charge in [-0.1, -0.05) is 48.5 Å². The molecule has 8 heteroatoms. The van der Waals surface area contributed by atoms with Crippen molar-refractivity contribution in [1.82, 2.24) is 10.6 Å². The van der Waals surface area contributed by atoms with Gasteiger partial charge in [0.2, 0.25) is 5.91 Å². The van der Waals surface area contributed by atoms with Crippen LogP contribution in [0.4, 0.5) is 4.79 Å². The van der Waals surface area contributed by atoms with Crippen LogP contribution in [0.1, 0.15) is 37.3 Å². The van der Waals surface area contributed by atoms with E-state index in [1.165, 1.54) is 13.8 Å². The van der Waals surface area contributed by atoms with Crippen LogP contribution in [0.25, 0.3) is 11.1 Å². The molecule has 1 fully saturated rings. The molecule has 1 heterocycles. The highest BCUT2D eigenvalue weighted by Gasteiger charge is 2.39. The molecule has 0 radical (unpaired) electrons. The predicted molar refractivity (Wildman–Crippen MR) is 116 cm³/mol. The summed E-state index contributed by atoms with van der Waals surface area (Å²) in [5, 5.41) is 14.4. The number of ether oxygens (including phenoxy) is 2. The van der Waals surface area contributed by atoms with Crippen LogP contribution < -0.4 is 10.6 Å². The molecule has 0 saturated carbocycles. The second kappa shape index (κ2) is 8.63. The van der Waals surface area contributed by atoms with Crippen LogP contribution in [-0.2, 0) is 19.1 Å². The maximum absolute atomic E-state index is 12.7. The van der Waals surface area contributed by atoms with E-state index < -0.39 is 35.7 Å². The van der Waals surface area contributed by atoms with Crippen LogP contribution in [0.2, 0.25) is 0 Å². The molecule has 1 aliphatic heterocycles. The van der Waals surface area contributed by atoms with Crippen LogP contribution in [0.5, 0.6) is 0 Å². The fourth-order valence-corrected chi connectivity index (χ4v) is 4.28. The van der Waals surface area contributed by atoms with Crippen molar-refractivity contribution < 1.29 is 29.0 Å². The van der Waals surface area contributed by atoms with Gasteiger partial charge < -0.3 is 25.2 Å². The number of aliphatic carboxylic acids is 1. The molecular formula is C24H26N2O6. The van der Waals surface area contributed by atoms with Crippen LogP contribution in [0.15, 0.2) is 48.5 Å². The fourth-order valence-electron chi connectivity index (χ4n) is 4.28. The zero-order chi connectivity index (χ0) is 22.9. The van der Waals surface area contributed by atoms with Crippen molar-refractivity contribution in [2.24, 2.45) is 0 Å². The Hall–Kier alpha value is -3.39. The monoisotopic (exact) mass is 438 g/mol. The lowest BCUT2D eigenvalue weighted by atomic mass is 9.98. The Kier molecular flexibility index (Phi) is 5.88. The van der Waals surface area contributed by atoms with Gasteiger partial charge in [0.15, 0.2) is 6.10 Å². The first kappa shape index (κ1) is 21.8. The number of amides is 2. The van der Waals surface area contributed by atoms with Gasteiger partial charge >= 0.3 is 12.1 Å². The first-order chi connectivity index (χ1) is 15.3. The highest BCUT2D eigenvalue weighted by molar-refractivity contribution is 5.90. The summed E-state index contributed by atoms with van der Waals surface area (Å²) < 4.78 is 10.7. The Labute approximate surface area is 185 Å². The molecule has 2 unspecified atom stereocenters. The Morgan fingerprint density at radius 3 is 2.25 bits per heavy atom. The van der Waals surface area contributed by atoms with Gasteiger partial charge in [-0.3, -0.25) is 4.79 Å². The van der Waals surface area contributed by atoms with Gasteiger partial charge in [-0.05, 0) is 42.5 Å².